The Bertz CT molecular complexity index is 371. The maximum absolute atomic E-state index is 11.2. The number of hydrogen-bond acceptors (Lipinski definition) is 3. The smallest absolute Gasteiger partial charge is 0.305 e. The number of rotatable bonds is 8. The molecule has 0 spiro atoms. The van der Waals surface area contributed by atoms with Crippen LogP contribution in [0.5, 0.6) is 0 Å². The highest BCUT2D eigenvalue weighted by Crippen LogP contribution is 2.17. The minimum Gasteiger partial charge on any atom is -0.466 e. The highest BCUT2D eigenvalue weighted by atomic mass is 16.5. The predicted octanol–water partition coefficient (Wildman–Crippen LogP) is 3.72. The Kier molecular flexibility index (Phi) is 6.57. The van der Waals surface area contributed by atoms with Gasteiger partial charge >= 0.3 is 5.97 Å². The number of hydrogen-bond donors (Lipinski definition) is 0. The van der Waals surface area contributed by atoms with Gasteiger partial charge in [-0.2, -0.15) is 0 Å². The summed E-state index contributed by atoms with van der Waals surface area (Å²) in [5.74, 6) is -0.124. The highest BCUT2D eigenvalue weighted by molar-refractivity contribution is 5.69. The van der Waals surface area contributed by atoms with Crippen molar-refractivity contribution in [3.05, 3.63) is 35.9 Å². The van der Waals surface area contributed by atoms with E-state index in [2.05, 4.69) is 0 Å². The Labute approximate surface area is 115 Å². The van der Waals surface area contributed by atoms with Gasteiger partial charge < -0.3 is 9.47 Å². The average Bonchev–Trinajstić information content (AvgIpc) is 2.38. The standard InChI is InChI=1S/C16H24O3/c1-4-8-15(17)18-12-11-16(2,3)19-13-14-9-6-5-7-10-14/h5-7,9-10H,4,8,11-13H2,1-3H3. The van der Waals surface area contributed by atoms with Gasteiger partial charge in [0.2, 0.25) is 0 Å². The largest absolute Gasteiger partial charge is 0.466 e. The molecule has 19 heavy (non-hydrogen) atoms. The van der Waals surface area contributed by atoms with Gasteiger partial charge in [-0.3, -0.25) is 4.79 Å². The van der Waals surface area contributed by atoms with Crippen molar-refractivity contribution in [2.45, 2.75) is 52.2 Å². The highest BCUT2D eigenvalue weighted by Gasteiger charge is 2.19. The molecule has 0 N–H and O–H groups in total. The van der Waals surface area contributed by atoms with Crippen LogP contribution >= 0.6 is 0 Å². The summed E-state index contributed by atoms with van der Waals surface area (Å²) in [6.45, 7) is 7.00. The molecule has 0 amide bonds. The summed E-state index contributed by atoms with van der Waals surface area (Å²) in [6, 6.07) is 10.1. The van der Waals surface area contributed by atoms with E-state index in [9.17, 15) is 4.79 Å². The lowest BCUT2D eigenvalue weighted by Gasteiger charge is -2.25. The average molecular weight is 264 g/mol. The number of esters is 1. The van der Waals surface area contributed by atoms with E-state index in [1.807, 2.05) is 51.1 Å². The first kappa shape index (κ1) is 15.7. The van der Waals surface area contributed by atoms with Gasteiger partial charge in [-0.05, 0) is 25.8 Å². The molecular weight excluding hydrogens is 240 g/mol. The van der Waals surface area contributed by atoms with Crippen LogP contribution in [0.1, 0.15) is 45.6 Å². The second kappa shape index (κ2) is 7.95. The third-order valence-electron chi connectivity index (χ3n) is 2.89. The molecule has 0 heterocycles. The van der Waals surface area contributed by atoms with Crippen LogP contribution in [0.4, 0.5) is 0 Å². The van der Waals surface area contributed by atoms with Crippen LogP contribution in [-0.2, 0) is 20.9 Å². The first-order valence-corrected chi connectivity index (χ1v) is 6.87. The molecule has 0 fully saturated rings. The molecule has 1 aromatic rings. The Morgan fingerprint density at radius 3 is 2.53 bits per heavy atom. The first-order chi connectivity index (χ1) is 9.03. The molecule has 3 nitrogen and oxygen atoms in total. The molecule has 1 aromatic carbocycles. The lowest BCUT2D eigenvalue weighted by molar-refractivity contribution is -0.145. The van der Waals surface area contributed by atoms with Gasteiger partial charge in [0.05, 0.1) is 18.8 Å². The molecule has 0 unspecified atom stereocenters. The van der Waals surface area contributed by atoms with E-state index in [-0.39, 0.29) is 11.6 Å². The predicted molar refractivity (Wildman–Crippen MR) is 75.8 cm³/mol. The molecule has 0 atom stereocenters. The monoisotopic (exact) mass is 264 g/mol. The third kappa shape index (κ3) is 6.97. The van der Waals surface area contributed by atoms with Crippen molar-refractivity contribution in [2.75, 3.05) is 6.61 Å². The van der Waals surface area contributed by atoms with Crippen molar-refractivity contribution < 1.29 is 14.3 Å². The maximum Gasteiger partial charge on any atom is 0.305 e. The molecule has 0 aliphatic rings. The van der Waals surface area contributed by atoms with Crippen molar-refractivity contribution in [3.8, 4) is 0 Å². The minimum absolute atomic E-state index is 0.124. The topological polar surface area (TPSA) is 35.5 Å². The number of benzene rings is 1. The Balaban J connectivity index is 2.26. The molecule has 3 heteroatoms. The first-order valence-electron chi connectivity index (χ1n) is 6.87. The fraction of sp³-hybridized carbons (Fsp3) is 0.562. The normalized spacial score (nSPS) is 11.3. The van der Waals surface area contributed by atoms with E-state index >= 15 is 0 Å². The third-order valence-corrected chi connectivity index (χ3v) is 2.89. The molecule has 1 rings (SSSR count). The molecule has 106 valence electrons. The fourth-order valence-corrected chi connectivity index (χ4v) is 1.61. The van der Waals surface area contributed by atoms with E-state index in [1.54, 1.807) is 0 Å². The zero-order chi connectivity index (χ0) is 14.1. The van der Waals surface area contributed by atoms with Crippen LogP contribution < -0.4 is 0 Å². The molecular formula is C16H24O3. The summed E-state index contributed by atoms with van der Waals surface area (Å²) in [5, 5.41) is 0. The SMILES string of the molecule is CCCC(=O)OCCC(C)(C)OCc1ccccc1. The van der Waals surface area contributed by atoms with E-state index in [1.165, 1.54) is 0 Å². The van der Waals surface area contributed by atoms with Crippen molar-refractivity contribution >= 4 is 5.97 Å². The molecule has 0 saturated heterocycles. The summed E-state index contributed by atoms with van der Waals surface area (Å²) in [6.07, 6.45) is 2.02. The van der Waals surface area contributed by atoms with Gasteiger partial charge in [0.15, 0.2) is 0 Å². The van der Waals surface area contributed by atoms with Crippen molar-refractivity contribution in [3.63, 3.8) is 0 Å². The fourth-order valence-electron chi connectivity index (χ4n) is 1.61. The Hall–Kier alpha value is -1.35. The summed E-state index contributed by atoms with van der Waals surface area (Å²) in [7, 11) is 0. The van der Waals surface area contributed by atoms with Crippen molar-refractivity contribution in [2.24, 2.45) is 0 Å². The second-order valence-electron chi connectivity index (χ2n) is 5.25. The van der Waals surface area contributed by atoms with E-state index < -0.39 is 0 Å². The van der Waals surface area contributed by atoms with Crippen molar-refractivity contribution in [1.29, 1.82) is 0 Å². The van der Waals surface area contributed by atoms with E-state index in [0.717, 1.165) is 12.0 Å². The summed E-state index contributed by atoms with van der Waals surface area (Å²) < 4.78 is 11.0. The van der Waals surface area contributed by atoms with Crippen LogP contribution in [-0.4, -0.2) is 18.2 Å². The summed E-state index contributed by atoms with van der Waals surface area (Å²) >= 11 is 0. The van der Waals surface area contributed by atoms with Gasteiger partial charge in [-0.25, -0.2) is 0 Å². The van der Waals surface area contributed by atoms with Gasteiger partial charge in [0, 0.05) is 12.8 Å². The zero-order valence-corrected chi connectivity index (χ0v) is 12.1. The Morgan fingerprint density at radius 1 is 1.21 bits per heavy atom. The summed E-state index contributed by atoms with van der Waals surface area (Å²) in [5.41, 5.74) is 0.862. The van der Waals surface area contributed by atoms with Crippen molar-refractivity contribution in [1.82, 2.24) is 0 Å². The maximum atomic E-state index is 11.2. The van der Waals surface area contributed by atoms with Gasteiger partial charge in [0.1, 0.15) is 0 Å². The minimum atomic E-state index is -0.289. The number of ether oxygens (including phenoxy) is 2. The van der Waals surface area contributed by atoms with Crippen LogP contribution in [0.15, 0.2) is 30.3 Å². The van der Waals surface area contributed by atoms with Crippen LogP contribution in [0.25, 0.3) is 0 Å². The summed E-state index contributed by atoms with van der Waals surface area (Å²) in [4.78, 5) is 11.2. The molecule has 0 bridgehead atoms. The van der Waals surface area contributed by atoms with Crippen LogP contribution in [0.2, 0.25) is 0 Å². The molecule has 0 aliphatic carbocycles. The second-order valence-corrected chi connectivity index (χ2v) is 5.25. The number of carbonyl (C=O) groups is 1. The number of carbonyl (C=O) groups excluding carboxylic acids is 1. The Morgan fingerprint density at radius 2 is 1.89 bits per heavy atom. The van der Waals surface area contributed by atoms with Gasteiger partial charge in [-0.1, -0.05) is 37.3 Å². The quantitative estimate of drug-likeness (QED) is 0.671. The lowest BCUT2D eigenvalue weighted by atomic mass is 10.1. The van der Waals surface area contributed by atoms with Crippen LogP contribution in [0.3, 0.4) is 0 Å². The van der Waals surface area contributed by atoms with E-state index in [0.29, 0.717) is 26.1 Å². The zero-order valence-electron chi connectivity index (χ0n) is 12.1. The van der Waals surface area contributed by atoms with E-state index in [4.69, 9.17) is 9.47 Å². The van der Waals surface area contributed by atoms with Gasteiger partial charge in [0.25, 0.3) is 0 Å². The molecule has 0 aliphatic heterocycles. The van der Waals surface area contributed by atoms with Crippen LogP contribution in [0, 0.1) is 0 Å². The van der Waals surface area contributed by atoms with Gasteiger partial charge in [-0.15, -0.1) is 0 Å². The molecule has 0 saturated carbocycles. The lowest BCUT2D eigenvalue weighted by Crippen LogP contribution is -2.26. The molecule has 0 radical (unpaired) electrons. The molecule has 0 aromatic heterocycles.